The Hall–Kier alpha value is -1.73. The van der Waals surface area contributed by atoms with Gasteiger partial charge >= 0.3 is 0 Å². The molecule has 0 saturated carbocycles. The highest BCUT2D eigenvalue weighted by atomic mass is 32.1. The number of rotatable bonds is 5. The van der Waals surface area contributed by atoms with E-state index in [9.17, 15) is 4.79 Å². The molecule has 1 unspecified atom stereocenters. The quantitative estimate of drug-likeness (QED) is 0.769. The fourth-order valence-corrected chi connectivity index (χ4v) is 2.42. The zero-order chi connectivity index (χ0) is 15.2. The van der Waals surface area contributed by atoms with Gasteiger partial charge in [0.1, 0.15) is 16.8 Å². The number of ether oxygens (including phenoxy) is 1. The maximum absolute atomic E-state index is 12.3. The highest BCUT2D eigenvalue weighted by Gasteiger charge is 2.31. The summed E-state index contributed by atoms with van der Waals surface area (Å²) in [6.45, 7) is 4.12. The maximum Gasteiger partial charge on any atom is 0.245 e. The van der Waals surface area contributed by atoms with E-state index in [2.05, 4.69) is 10.3 Å². The van der Waals surface area contributed by atoms with Crippen molar-refractivity contribution < 1.29 is 9.53 Å². The van der Waals surface area contributed by atoms with Gasteiger partial charge < -0.3 is 20.7 Å². The Bertz CT molecular complexity index is 523. The Morgan fingerprint density at radius 1 is 1.67 bits per heavy atom. The number of nitrogens with two attached hydrogens (primary N) is 1. The molecule has 0 aromatic carbocycles. The fraction of sp³-hybridized carbons (Fsp3) is 0.500. The molecule has 1 atom stereocenters. The van der Waals surface area contributed by atoms with E-state index in [0.29, 0.717) is 37.7 Å². The Morgan fingerprint density at radius 3 is 3.19 bits per heavy atom. The Balaban J connectivity index is 2.26. The lowest BCUT2D eigenvalue weighted by atomic mass is 10.1. The van der Waals surface area contributed by atoms with Crippen LogP contribution >= 0.6 is 12.2 Å². The van der Waals surface area contributed by atoms with Gasteiger partial charge in [-0.15, -0.1) is 0 Å². The van der Waals surface area contributed by atoms with E-state index in [0.717, 1.165) is 6.42 Å². The van der Waals surface area contributed by atoms with Gasteiger partial charge in [-0.1, -0.05) is 19.1 Å². The molecule has 1 aromatic rings. The number of nitrogens with one attached hydrogen (secondary N) is 1. The zero-order valence-electron chi connectivity index (χ0n) is 12.0. The second kappa shape index (κ2) is 7.33. The van der Waals surface area contributed by atoms with Crippen LogP contribution in [0.15, 0.2) is 18.3 Å². The van der Waals surface area contributed by atoms with Gasteiger partial charge in [0.05, 0.1) is 18.8 Å². The molecule has 1 amide bonds. The number of thiocarbonyl (C=S) groups is 1. The summed E-state index contributed by atoms with van der Waals surface area (Å²) < 4.78 is 5.44. The lowest BCUT2D eigenvalue weighted by Gasteiger charge is -2.36. The van der Waals surface area contributed by atoms with Crippen LogP contribution in [0.4, 0.5) is 5.82 Å². The molecule has 21 heavy (non-hydrogen) atoms. The van der Waals surface area contributed by atoms with E-state index in [-0.39, 0.29) is 10.9 Å². The van der Waals surface area contributed by atoms with E-state index in [1.807, 2.05) is 17.9 Å². The fourth-order valence-electron chi connectivity index (χ4n) is 2.26. The first-order valence-corrected chi connectivity index (χ1v) is 7.43. The van der Waals surface area contributed by atoms with Crippen LogP contribution in [0.1, 0.15) is 18.9 Å². The molecule has 1 aliphatic rings. The van der Waals surface area contributed by atoms with Crippen molar-refractivity contribution in [3.05, 3.63) is 23.9 Å². The van der Waals surface area contributed by atoms with E-state index in [4.69, 9.17) is 22.7 Å². The van der Waals surface area contributed by atoms with Crippen molar-refractivity contribution in [3.63, 3.8) is 0 Å². The summed E-state index contributed by atoms with van der Waals surface area (Å²) in [6, 6.07) is 3.19. The van der Waals surface area contributed by atoms with Crippen LogP contribution in [0.2, 0.25) is 0 Å². The molecule has 6 nitrogen and oxygen atoms in total. The summed E-state index contributed by atoms with van der Waals surface area (Å²) >= 11 is 5.07. The predicted molar refractivity (Wildman–Crippen MR) is 85.4 cm³/mol. The van der Waals surface area contributed by atoms with Crippen molar-refractivity contribution in [3.8, 4) is 0 Å². The third-order valence-electron chi connectivity index (χ3n) is 3.30. The number of amides is 1. The van der Waals surface area contributed by atoms with Crippen LogP contribution < -0.4 is 16.0 Å². The zero-order valence-corrected chi connectivity index (χ0v) is 12.9. The number of morpholine rings is 1. The molecule has 0 radical (unpaired) electrons. The van der Waals surface area contributed by atoms with Gasteiger partial charge in [0.2, 0.25) is 5.91 Å². The van der Waals surface area contributed by atoms with Gasteiger partial charge in [-0.25, -0.2) is 4.98 Å². The third kappa shape index (κ3) is 3.68. The van der Waals surface area contributed by atoms with Crippen molar-refractivity contribution in [2.24, 2.45) is 5.73 Å². The molecule has 2 heterocycles. The number of pyridine rings is 1. The Kier molecular flexibility index (Phi) is 5.46. The molecule has 1 saturated heterocycles. The summed E-state index contributed by atoms with van der Waals surface area (Å²) in [5.41, 5.74) is 6.44. The third-order valence-corrected chi connectivity index (χ3v) is 3.52. The van der Waals surface area contributed by atoms with E-state index in [1.165, 1.54) is 0 Å². The number of carbonyl (C=O) groups is 1. The minimum absolute atomic E-state index is 0.0592. The van der Waals surface area contributed by atoms with E-state index < -0.39 is 6.04 Å². The monoisotopic (exact) mass is 308 g/mol. The van der Waals surface area contributed by atoms with Crippen LogP contribution in [0.25, 0.3) is 0 Å². The smallest absolute Gasteiger partial charge is 0.245 e. The molecule has 1 aliphatic heterocycles. The molecule has 0 bridgehead atoms. The minimum Gasteiger partial charge on any atom is -0.389 e. The number of carbonyl (C=O) groups excluding carboxylic acids is 1. The van der Waals surface area contributed by atoms with Crippen molar-refractivity contribution in [1.29, 1.82) is 0 Å². The molecule has 3 N–H and O–H groups in total. The SMILES string of the molecule is CCCNC(=O)C1COCCN1c1ncccc1C(N)=S. The predicted octanol–water partition coefficient (Wildman–Crippen LogP) is 0.447. The first-order chi connectivity index (χ1) is 10.1. The molecule has 114 valence electrons. The lowest BCUT2D eigenvalue weighted by Crippen LogP contribution is -2.54. The number of hydrogen-bond acceptors (Lipinski definition) is 5. The van der Waals surface area contributed by atoms with Gasteiger partial charge in [0.15, 0.2) is 0 Å². The minimum atomic E-state index is -0.409. The lowest BCUT2D eigenvalue weighted by molar-refractivity contribution is -0.124. The van der Waals surface area contributed by atoms with Gasteiger partial charge in [-0.05, 0) is 18.6 Å². The van der Waals surface area contributed by atoms with Crippen molar-refractivity contribution in [1.82, 2.24) is 10.3 Å². The average Bonchev–Trinajstić information content (AvgIpc) is 2.52. The normalized spacial score (nSPS) is 18.3. The second-order valence-corrected chi connectivity index (χ2v) is 5.25. The first-order valence-electron chi connectivity index (χ1n) is 7.02. The number of hydrogen-bond donors (Lipinski definition) is 2. The van der Waals surface area contributed by atoms with Crippen molar-refractivity contribution in [2.75, 3.05) is 31.2 Å². The molecule has 0 aliphatic carbocycles. The molecule has 0 spiro atoms. The van der Waals surface area contributed by atoms with Crippen LogP contribution in [0.3, 0.4) is 0 Å². The summed E-state index contributed by atoms with van der Waals surface area (Å²) in [5, 5.41) is 2.90. The molecule has 1 fully saturated rings. The van der Waals surface area contributed by atoms with Crippen LogP contribution in [-0.4, -0.2) is 48.2 Å². The number of aromatic nitrogens is 1. The maximum atomic E-state index is 12.3. The molecule has 7 heteroatoms. The van der Waals surface area contributed by atoms with Crippen molar-refractivity contribution >= 4 is 28.9 Å². The molecular weight excluding hydrogens is 288 g/mol. The highest BCUT2D eigenvalue weighted by molar-refractivity contribution is 7.80. The first kappa shape index (κ1) is 15.7. The van der Waals surface area contributed by atoms with Gasteiger partial charge in [0.25, 0.3) is 0 Å². The number of nitrogens with zero attached hydrogens (tertiary/aromatic N) is 2. The van der Waals surface area contributed by atoms with Crippen LogP contribution in [0, 0.1) is 0 Å². The van der Waals surface area contributed by atoms with Gasteiger partial charge in [-0.3, -0.25) is 4.79 Å². The summed E-state index contributed by atoms with van der Waals surface area (Å²) in [5.74, 6) is 0.584. The Morgan fingerprint density at radius 2 is 2.48 bits per heavy atom. The summed E-state index contributed by atoms with van der Waals surface area (Å²) in [4.78, 5) is 18.9. The molecule has 1 aromatic heterocycles. The Labute approximate surface area is 129 Å². The van der Waals surface area contributed by atoms with Gasteiger partial charge in [0, 0.05) is 19.3 Å². The van der Waals surface area contributed by atoms with E-state index >= 15 is 0 Å². The molecular formula is C14H20N4O2S. The van der Waals surface area contributed by atoms with Crippen LogP contribution in [-0.2, 0) is 9.53 Å². The molecule has 2 rings (SSSR count). The topological polar surface area (TPSA) is 80.5 Å². The van der Waals surface area contributed by atoms with E-state index in [1.54, 1.807) is 12.3 Å². The summed E-state index contributed by atoms with van der Waals surface area (Å²) in [6.07, 6.45) is 2.56. The number of anilines is 1. The average molecular weight is 308 g/mol. The second-order valence-electron chi connectivity index (χ2n) is 4.81. The van der Waals surface area contributed by atoms with Gasteiger partial charge in [-0.2, -0.15) is 0 Å². The van der Waals surface area contributed by atoms with Crippen LogP contribution in [0.5, 0.6) is 0 Å². The van der Waals surface area contributed by atoms with Crippen molar-refractivity contribution in [2.45, 2.75) is 19.4 Å². The largest absolute Gasteiger partial charge is 0.389 e. The summed E-state index contributed by atoms with van der Waals surface area (Å²) in [7, 11) is 0. The standard InChI is InChI=1S/C14H20N4O2S/c1-2-5-17-14(19)11-9-20-8-7-18(11)13-10(12(15)21)4-3-6-16-13/h3-4,6,11H,2,5,7-9H2,1H3,(H2,15,21)(H,17,19). The highest BCUT2D eigenvalue weighted by Crippen LogP contribution is 2.22.